The van der Waals surface area contributed by atoms with Gasteiger partial charge in [-0.1, -0.05) is 6.07 Å². The maximum atomic E-state index is 5.70. The molecule has 0 aliphatic rings. The molecule has 5 heteroatoms. The van der Waals surface area contributed by atoms with Gasteiger partial charge in [-0.25, -0.2) is 0 Å². The van der Waals surface area contributed by atoms with Crippen LogP contribution in [0.15, 0.2) is 18.2 Å². The van der Waals surface area contributed by atoms with E-state index in [9.17, 15) is 0 Å². The number of hydrogen-bond donors (Lipinski definition) is 1. The van der Waals surface area contributed by atoms with E-state index < -0.39 is 0 Å². The first-order valence-electron chi connectivity index (χ1n) is 6.30. The van der Waals surface area contributed by atoms with Gasteiger partial charge in [0.25, 0.3) is 0 Å². The topological polar surface area (TPSA) is 49.0 Å². The van der Waals surface area contributed by atoms with Crippen LogP contribution in [0.1, 0.15) is 5.56 Å². The third-order valence-corrected chi connectivity index (χ3v) is 2.62. The third-order valence-electron chi connectivity index (χ3n) is 2.62. The molecule has 0 aromatic heterocycles. The lowest BCUT2D eigenvalue weighted by Gasteiger charge is -2.13. The van der Waals surface area contributed by atoms with Crippen molar-refractivity contribution in [2.24, 2.45) is 0 Å². The van der Waals surface area contributed by atoms with Gasteiger partial charge in [0.15, 0.2) is 0 Å². The number of ether oxygens (including phenoxy) is 4. The summed E-state index contributed by atoms with van der Waals surface area (Å²) in [5.41, 5.74) is 1.09. The predicted octanol–water partition coefficient (Wildman–Crippen LogP) is 1.46. The van der Waals surface area contributed by atoms with E-state index in [1.165, 1.54) is 0 Å². The molecule has 0 unspecified atom stereocenters. The van der Waals surface area contributed by atoms with E-state index in [1.807, 2.05) is 18.2 Å². The molecule has 0 spiro atoms. The average Bonchev–Trinajstić information content (AvgIpc) is 2.45. The average molecular weight is 269 g/mol. The Bertz CT molecular complexity index is 357. The number of rotatable bonds is 10. The van der Waals surface area contributed by atoms with Gasteiger partial charge < -0.3 is 24.3 Å². The van der Waals surface area contributed by atoms with Gasteiger partial charge >= 0.3 is 0 Å². The summed E-state index contributed by atoms with van der Waals surface area (Å²) in [6.07, 6.45) is 0. The van der Waals surface area contributed by atoms with Crippen molar-refractivity contribution in [3.63, 3.8) is 0 Å². The van der Waals surface area contributed by atoms with E-state index in [2.05, 4.69) is 5.32 Å². The van der Waals surface area contributed by atoms with Crippen LogP contribution in [0.25, 0.3) is 0 Å². The minimum Gasteiger partial charge on any atom is -0.497 e. The fourth-order valence-electron chi connectivity index (χ4n) is 1.57. The first-order chi connectivity index (χ1) is 9.31. The number of nitrogens with one attached hydrogen (secondary N) is 1. The van der Waals surface area contributed by atoms with Crippen LogP contribution in [-0.4, -0.2) is 47.7 Å². The van der Waals surface area contributed by atoms with Crippen LogP contribution in [0.4, 0.5) is 0 Å². The Morgan fingerprint density at radius 2 is 1.79 bits per heavy atom. The number of hydrogen-bond acceptors (Lipinski definition) is 5. The first kappa shape index (κ1) is 15.8. The summed E-state index contributed by atoms with van der Waals surface area (Å²) < 4.78 is 20.9. The van der Waals surface area contributed by atoms with E-state index in [1.54, 1.807) is 21.3 Å². The van der Waals surface area contributed by atoms with Crippen LogP contribution in [0.3, 0.4) is 0 Å². The van der Waals surface area contributed by atoms with Crippen LogP contribution < -0.4 is 14.8 Å². The minimum atomic E-state index is 0.523. The van der Waals surface area contributed by atoms with Crippen molar-refractivity contribution < 1.29 is 18.9 Å². The molecule has 19 heavy (non-hydrogen) atoms. The molecule has 1 rings (SSSR count). The van der Waals surface area contributed by atoms with Gasteiger partial charge in [0, 0.05) is 38.9 Å². The normalized spacial score (nSPS) is 10.5. The van der Waals surface area contributed by atoms with Gasteiger partial charge in [-0.05, 0) is 6.07 Å². The molecular formula is C14H23NO4. The maximum Gasteiger partial charge on any atom is 0.127 e. The predicted molar refractivity (Wildman–Crippen MR) is 73.9 cm³/mol. The quantitative estimate of drug-likeness (QED) is 0.652. The van der Waals surface area contributed by atoms with E-state index in [0.717, 1.165) is 30.2 Å². The molecular weight excluding hydrogens is 246 g/mol. The van der Waals surface area contributed by atoms with Crippen molar-refractivity contribution in [2.45, 2.75) is 6.54 Å². The van der Waals surface area contributed by atoms with Gasteiger partial charge in [0.2, 0.25) is 0 Å². The molecule has 0 heterocycles. The second-order valence-electron chi connectivity index (χ2n) is 3.98. The summed E-state index contributed by atoms with van der Waals surface area (Å²) >= 11 is 0. The molecule has 0 aliphatic heterocycles. The summed E-state index contributed by atoms with van der Waals surface area (Å²) in [7, 11) is 4.99. The SMILES string of the molecule is COCCNCc1ccc(OC)cc1OCCOC. The number of benzene rings is 1. The molecule has 0 atom stereocenters. The highest BCUT2D eigenvalue weighted by Gasteiger charge is 2.05. The van der Waals surface area contributed by atoms with Gasteiger partial charge in [-0.2, -0.15) is 0 Å². The second-order valence-corrected chi connectivity index (χ2v) is 3.98. The van der Waals surface area contributed by atoms with Gasteiger partial charge in [0.1, 0.15) is 18.1 Å². The Labute approximate surface area is 114 Å². The Kier molecular flexibility index (Phi) is 7.97. The van der Waals surface area contributed by atoms with E-state index >= 15 is 0 Å². The smallest absolute Gasteiger partial charge is 0.127 e. The van der Waals surface area contributed by atoms with Gasteiger partial charge in [0.05, 0.1) is 20.3 Å². The molecule has 0 aliphatic carbocycles. The van der Waals surface area contributed by atoms with Crippen molar-refractivity contribution in [2.75, 3.05) is 47.7 Å². The largest absolute Gasteiger partial charge is 0.497 e. The van der Waals surface area contributed by atoms with Crippen LogP contribution in [0.2, 0.25) is 0 Å². The standard InChI is InChI=1S/C14H23NO4/c1-16-7-6-15-11-12-4-5-13(18-3)10-14(12)19-9-8-17-2/h4-5,10,15H,6-9,11H2,1-3H3. The molecule has 0 saturated carbocycles. The van der Waals surface area contributed by atoms with E-state index in [4.69, 9.17) is 18.9 Å². The lowest BCUT2D eigenvalue weighted by atomic mass is 10.2. The Morgan fingerprint density at radius 3 is 2.47 bits per heavy atom. The molecule has 1 N–H and O–H groups in total. The summed E-state index contributed by atoms with van der Waals surface area (Å²) in [5.74, 6) is 1.61. The summed E-state index contributed by atoms with van der Waals surface area (Å²) in [5, 5.41) is 3.29. The van der Waals surface area contributed by atoms with Crippen molar-refractivity contribution in [3.05, 3.63) is 23.8 Å². The maximum absolute atomic E-state index is 5.70. The van der Waals surface area contributed by atoms with Crippen molar-refractivity contribution >= 4 is 0 Å². The van der Waals surface area contributed by atoms with Crippen molar-refractivity contribution in [3.8, 4) is 11.5 Å². The Hall–Kier alpha value is -1.30. The van der Waals surface area contributed by atoms with Crippen molar-refractivity contribution in [1.82, 2.24) is 5.32 Å². The zero-order valence-corrected chi connectivity index (χ0v) is 11.9. The molecule has 0 saturated heterocycles. The molecule has 0 amide bonds. The fraction of sp³-hybridized carbons (Fsp3) is 0.571. The first-order valence-corrected chi connectivity index (χ1v) is 6.30. The van der Waals surface area contributed by atoms with Crippen LogP contribution >= 0.6 is 0 Å². The monoisotopic (exact) mass is 269 g/mol. The fourth-order valence-corrected chi connectivity index (χ4v) is 1.57. The van der Waals surface area contributed by atoms with Crippen molar-refractivity contribution in [1.29, 1.82) is 0 Å². The molecule has 0 fully saturated rings. The Balaban J connectivity index is 2.60. The second kappa shape index (κ2) is 9.61. The zero-order valence-electron chi connectivity index (χ0n) is 11.9. The molecule has 1 aromatic rings. The highest BCUT2D eigenvalue weighted by molar-refractivity contribution is 5.40. The highest BCUT2D eigenvalue weighted by Crippen LogP contribution is 2.24. The summed E-state index contributed by atoms with van der Waals surface area (Å²) in [6.45, 7) is 3.31. The van der Waals surface area contributed by atoms with Crippen LogP contribution in [-0.2, 0) is 16.0 Å². The third kappa shape index (κ3) is 5.92. The van der Waals surface area contributed by atoms with Crippen LogP contribution in [0.5, 0.6) is 11.5 Å². The lowest BCUT2D eigenvalue weighted by Crippen LogP contribution is -2.19. The zero-order chi connectivity index (χ0) is 13.9. The molecule has 0 bridgehead atoms. The van der Waals surface area contributed by atoms with Gasteiger partial charge in [-0.15, -0.1) is 0 Å². The lowest BCUT2D eigenvalue weighted by molar-refractivity contribution is 0.145. The van der Waals surface area contributed by atoms with E-state index in [-0.39, 0.29) is 0 Å². The number of methoxy groups -OCH3 is 3. The van der Waals surface area contributed by atoms with Crippen LogP contribution in [0, 0.1) is 0 Å². The van der Waals surface area contributed by atoms with Gasteiger partial charge in [-0.3, -0.25) is 0 Å². The molecule has 108 valence electrons. The molecule has 0 radical (unpaired) electrons. The Morgan fingerprint density at radius 1 is 1.00 bits per heavy atom. The highest BCUT2D eigenvalue weighted by atomic mass is 16.5. The molecule has 5 nitrogen and oxygen atoms in total. The summed E-state index contributed by atoms with van der Waals surface area (Å²) in [4.78, 5) is 0. The summed E-state index contributed by atoms with van der Waals surface area (Å²) in [6, 6.07) is 5.82. The minimum absolute atomic E-state index is 0.523. The molecule has 1 aromatic carbocycles. The van der Waals surface area contributed by atoms with E-state index in [0.29, 0.717) is 19.8 Å².